The van der Waals surface area contributed by atoms with Crippen molar-refractivity contribution in [2.24, 2.45) is 5.41 Å². The highest BCUT2D eigenvalue weighted by Gasteiger charge is 2.24. The lowest BCUT2D eigenvalue weighted by Crippen LogP contribution is -2.39. The third-order valence-electron chi connectivity index (χ3n) is 2.95. The van der Waals surface area contributed by atoms with Crippen LogP contribution in [0.25, 0.3) is 4.96 Å². The van der Waals surface area contributed by atoms with Gasteiger partial charge < -0.3 is 5.32 Å². The minimum absolute atomic E-state index is 0.256. The molecule has 1 atom stereocenters. The average molecular weight is 237 g/mol. The first-order chi connectivity index (χ1) is 7.50. The monoisotopic (exact) mass is 237 g/mol. The topological polar surface area (TPSA) is 29.3 Å². The maximum Gasteiger partial charge on any atom is 0.193 e. The zero-order chi connectivity index (χ0) is 11.8. The van der Waals surface area contributed by atoms with Gasteiger partial charge in [0.25, 0.3) is 0 Å². The summed E-state index contributed by atoms with van der Waals surface area (Å²) in [4.78, 5) is 5.70. The number of hydrogen-bond donors (Lipinski definition) is 1. The summed E-state index contributed by atoms with van der Waals surface area (Å²) in [7, 11) is 2.02. The van der Waals surface area contributed by atoms with E-state index in [0.29, 0.717) is 6.04 Å². The van der Waals surface area contributed by atoms with Crippen molar-refractivity contribution in [3.05, 3.63) is 23.5 Å². The molecular formula is C12H19N3S. The highest BCUT2D eigenvalue weighted by Crippen LogP contribution is 2.22. The molecule has 88 valence electrons. The van der Waals surface area contributed by atoms with Crippen LogP contribution < -0.4 is 5.32 Å². The minimum atomic E-state index is 0.256. The number of likely N-dealkylation sites (N-methyl/N-ethyl adjacent to an activating group) is 1. The maximum atomic E-state index is 4.62. The van der Waals surface area contributed by atoms with E-state index in [4.69, 9.17) is 0 Å². The summed E-state index contributed by atoms with van der Waals surface area (Å²) in [5.74, 6) is 0. The highest BCUT2D eigenvalue weighted by molar-refractivity contribution is 7.15. The number of nitrogens with zero attached hydrogens (tertiary/aromatic N) is 2. The van der Waals surface area contributed by atoms with E-state index in [-0.39, 0.29) is 5.41 Å². The van der Waals surface area contributed by atoms with E-state index in [2.05, 4.69) is 53.2 Å². The molecule has 2 rings (SSSR count). The van der Waals surface area contributed by atoms with Gasteiger partial charge in [0.05, 0.1) is 5.69 Å². The molecule has 0 bridgehead atoms. The first kappa shape index (κ1) is 11.6. The summed E-state index contributed by atoms with van der Waals surface area (Å²) < 4.78 is 2.09. The first-order valence-electron chi connectivity index (χ1n) is 5.59. The molecule has 0 saturated carbocycles. The number of nitrogens with one attached hydrogen (secondary N) is 1. The normalized spacial score (nSPS) is 14.5. The van der Waals surface area contributed by atoms with Crippen molar-refractivity contribution >= 4 is 16.3 Å². The molecule has 0 aliphatic heterocycles. The summed E-state index contributed by atoms with van der Waals surface area (Å²) in [6, 6.07) is 0.456. The van der Waals surface area contributed by atoms with Gasteiger partial charge in [-0.25, -0.2) is 4.98 Å². The van der Waals surface area contributed by atoms with E-state index in [9.17, 15) is 0 Å². The van der Waals surface area contributed by atoms with E-state index in [1.54, 1.807) is 11.3 Å². The van der Waals surface area contributed by atoms with Crippen LogP contribution in [0.5, 0.6) is 0 Å². The summed E-state index contributed by atoms with van der Waals surface area (Å²) in [6.07, 6.45) is 5.16. The highest BCUT2D eigenvalue weighted by atomic mass is 32.1. The first-order valence-corrected chi connectivity index (χ1v) is 6.47. The van der Waals surface area contributed by atoms with Crippen LogP contribution in [0, 0.1) is 5.41 Å². The molecule has 0 spiro atoms. The average Bonchev–Trinajstić information content (AvgIpc) is 2.71. The zero-order valence-corrected chi connectivity index (χ0v) is 11.1. The van der Waals surface area contributed by atoms with Crippen LogP contribution in [-0.4, -0.2) is 22.5 Å². The fourth-order valence-corrected chi connectivity index (χ4v) is 2.64. The van der Waals surface area contributed by atoms with Crippen LogP contribution in [0.1, 0.15) is 26.5 Å². The van der Waals surface area contributed by atoms with Crippen LogP contribution in [0.3, 0.4) is 0 Å². The second-order valence-electron chi connectivity index (χ2n) is 5.24. The third kappa shape index (κ3) is 2.28. The maximum absolute atomic E-state index is 4.62. The SMILES string of the molecule is CNC(Cc1cn2ccsc2n1)C(C)(C)C. The lowest BCUT2D eigenvalue weighted by molar-refractivity contribution is 0.278. The van der Waals surface area contributed by atoms with Gasteiger partial charge in [-0.05, 0) is 12.5 Å². The predicted molar refractivity (Wildman–Crippen MR) is 69.1 cm³/mol. The Kier molecular flexibility index (Phi) is 3.04. The van der Waals surface area contributed by atoms with Gasteiger partial charge in [0.1, 0.15) is 0 Å². The second kappa shape index (κ2) is 4.18. The minimum Gasteiger partial charge on any atom is -0.316 e. The summed E-state index contributed by atoms with van der Waals surface area (Å²) in [5, 5.41) is 5.44. The van der Waals surface area contributed by atoms with Gasteiger partial charge in [-0.2, -0.15) is 0 Å². The molecule has 4 heteroatoms. The Morgan fingerprint density at radius 1 is 1.50 bits per heavy atom. The number of fused-ring (bicyclic) bond motifs is 1. The second-order valence-corrected chi connectivity index (χ2v) is 6.11. The molecule has 0 radical (unpaired) electrons. The molecule has 0 aliphatic carbocycles. The van der Waals surface area contributed by atoms with Gasteiger partial charge in [0.15, 0.2) is 4.96 Å². The Balaban J connectivity index is 2.17. The fourth-order valence-electron chi connectivity index (χ4n) is 1.92. The molecule has 2 aromatic heterocycles. The Hall–Kier alpha value is -0.870. The van der Waals surface area contributed by atoms with Crippen molar-refractivity contribution in [3.8, 4) is 0 Å². The third-order valence-corrected chi connectivity index (χ3v) is 3.72. The fraction of sp³-hybridized carbons (Fsp3) is 0.583. The summed E-state index contributed by atoms with van der Waals surface area (Å²) in [5.41, 5.74) is 1.42. The van der Waals surface area contributed by atoms with Crippen molar-refractivity contribution in [2.45, 2.75) is 33.2 Å². The summed E-state index contributed by atoms with van der Waals surface area (Å²) >= 11 is 1.68. The Morgan fingerprint density at radius 2 is 2.25 bits per heavy atom. The molecular weight excluding hydrogens is 218 g/mol. The number of imidazole rings is 1. The lowest BCUT2D eigenvalue weighted by Gasteiger charge is -2.29. The molecule has 1 unspecified atom stereocenters. The number of rotatable bonds is 3. The Morgan fingerprint density at radius 3 is 2.81 bits per heavy atom. The van der Waals surface area contributed by atoms with Gasteiger partial charge in [-0.1, -0.05) is 20.8 Å². The number of thiazole rings is 1. The van der Waals surface area contributed by atoms with Crippen molar-refractivity contribution < 1.29 is 0 Å². The van der Waals surface area contributed by atoms with Crippen molar-refractivity contribution in [1.29, 1.82) is 0 Å². The van der Waals surface area contributed by atoms with Crippen LogP contribution in [0.15, 0.2) is 17.8 Å². The van der Waals surface area contributed by atoms with Crippen LogP contribution in [-0.2, 0) is 6.42 Å². The number of aromatic nitrogens is 2. The molecule has 16 heavy (non-hydrogen) atoms. The summed E-state index contributed by atoms with van der Waals surface area (Å²) in [6.45, 7) is 6.77. The molecule has 0 aromatic carbocycles. The van der Waals surface area contributed by atoms with Gasteiger partial charge in [-0.3, -0.25) is 4.40 Å². The Bertz CT molecular complexity index is 435. The predicted octanol–water partition coefficient (Wildman–Crippen LogP) is 2.57. The molecule has 1 N–H and O–H groups in total. The van der Waals surface area contributed by atoms with Gasteiger partial charge >= 0.3 is 0 Å². The van der Waals surface area contributed by atoms with E-state index in [0.717, 1.165) is 11.4 Å². The standard InChI is InChI=1S/C12H19N3S/c1-12(2,3)10(13-4)7-9-8-15-5-6-16-11(15)14-9/h5-6,8,10,13H,7H2,1-4H3. The molecule has 0 aliphatic rings. The van der Waals surface area contributed by atoms with Gasteiger partial charge in [0, 0.05) is 30.2 Å². The van der Waals surface area contributed by atoms with E-state index >= 15 is 0 Å². The van der Waals surface area contributed by atoms with Gasteiger partial charge in [-0.15, -0.1) is 11.3 Å². The lowest BCUT2D eigenvalue weighted by atomic mass is 9.84. The van der Waals surface area contributed by atoms with E-state index in [1.807, 2.05) is 7.05 Å². The molecule has 3 nitrogen and oxygen atoms in total. The largest absolute Gasteiger partial charge is 0.316 e. The van der Waals surface area contributed by atoms with Gasteiger partial charge in [0.2, 0.25) is 0 Å². The van der Waals surface area contributed by atoms with Crippen LogP contribution in [0.4, 0.5) is 0 Å². The van der Waals surface area contributed by atoms with Crippen molar-refractivity contribution in [2.75, 3.05) is 7.05 Å². The van der Waals surface area contributed by atoms with Crippen LogP contribution in [0.2, 0.25) is 0 Å². The van der Waals surface area contributed by atoms with Crippen molar-refractivity contribution in [1.82, 2.24) is 14.7 Å². The zero-order valence-electron chi connectivity index (χ0n) is 10.3. The number of hydrogen-bond acceptors (Lipinski definition) is 3. The quantitative estimate of drug-likeness (QED) is 0.889. The Labute approximate surface area is 101 Å². The van der Waals surface area contributed by atoms with E-state index in [1.165, 1.54) is 5.69 Å². The van der Waals surface area contributed by atoms with Crippen LogP contribution >= 0.6 is 11.3 Å². The molecule has 0 amide bonds. The smallest absolute Gasteiger partial charge is 0.193 e. The molecule has 2 heterocycles. The van der Waals surface area contributed by atoms with Crippen molar-refractivity contribution in [3.63, 3.8) is 0 Å². The molecule has 0 saturated heterocycles. The molecule has 2 aromatic rings. The van der Waals surface area contributed by atoms with E-state index < -0.39 is 0 Å². The molecule has 0 fully saturated rings.